The average Bonchev–Trinajstić information content (AvgIpc) is 2.24. The van der Waals surface area contributed by atoms with Gasteiger partial charge in [-0.15, -0.1) is 0 Å². The summed E-state index contributed by atoms with van der Waals surface area (Å²) in [4.78, 5) is 13.7. The maximum atomic E-state index is 11.0. The fourth-order valence-electron chi connectivity index (χ4n) is 1.29. The molecule has 0 aromatic carbocycles. The van der Waals surface area contributed by atoms with Crippen LogP contribution in [0.15, 0.2) is 23.1 Å². The predicted octanol–water partition coefficient (Wildman–Crippen LogP) is -0.621. The van der Waals surface area contributed by atoms with Gasteiger partial charge in [0.2, 0.25) is 0 Å². The van der Waals surface area contributed by atoms with Crippen LogP contribution in [0.2, 0.25) is 0 Å². The van der Waals surface area contributed by atoms with Crippen LogP contribution in [-0.2, 0) is 0 Å². The molecule has 1 aromatic rings. The molecule has 0 aliphatic rings. The number of rotatable bonds is 5. The quantitative estimate of drug-likeness (QED) is 0.524. The van der Waals surface area contributed by atoms with Crippen LogP contribution in [0.4, 0.5) is 0 Å². The van der Waals surface area contributed by atoms with Gasteiger partial charge in [0.25, 0.3) is 0 Å². The van der Waals surface area contributed by atoms with Crippen molar-refractivity contribution in [3.8, 4) is 0 Å². The lowest BCUT2D eigenvalue weighted by atomic mass is 10.1. The van der Waals surface area contributed by atoms with Crippen LogP contribution < -0.4 is 10.7 Å². The minimum absolute atomic E-state index is 0.191. The van der Waals surface area contributed by atoms with Crippen LogP contribution in [0.1, 0.15) is 18.2 Å². The number of pyridine rings is 1. The summed E-state index contributed by atoms with van der Waals surface area (Å²) in [5.41, 5.74) is 0.148. The molecule has 1 aromatic heterocycles. The van der Waals surface area contributed by atoms with Gasteiger partial charge in [0, 0.05) is 18.3 Å². The molecule has 15 heavy (non-hydrogen) atoms. The first-order valence-corrected chi connectivity index (χ1v) is 4.84. The highest BCUT2D eigenvalue weighted by atomic mass is 16.3. The minimum Gasteiger partial charge on any atom is -0.390 e. The molecule has 5 heteroatoms. The zero-order chi connectivity index (χ0) is 11.3. The van der Waals surface area contributed by atoms with E-state index >= 15 is 0 Å². The molecule has 0 radical (unpaired) electrons. The molecule has 0 fully saturated rings. The topological polar surface area (TPSA) is 85.3 Å². The van der Waals surface area contributed by atoms with E-state index in [1.807, 2.05) is 0 Å². The summed E-state index contributed by atoms with van der Waals surface area (Å²) >= 11 is 0. The van der Waals surface area contributed by atoms with Gasteiger partial charge in [-0.2, -0.15) is 0 Å². The molecular weight excluding hydrogens is 196 g/mol. The van der Waals surface area contributed by atoms with Crippen molar-refractivity contribution in [1.29, 1.82) is 0 Å². The van der Waals surface area contributed by atoms with E-state index in [2.05, 4.69) is 10.3 Å². The molecule has 0 aliphatic heterocycles. The van der Waals surface area contributed by atoms with Gasteiger partial charge in [0.05, 0.1) is 11.8 Å². The molecule has 5 nitrogen and oxygen atoms in total. The highest BCUT2D eigenvalue weighted by Gasteiger charge is 2.18. The Bertz CT molecular complexity index is 351. The SMILES string of the molecule is CNCCC(O)C(O)c1cc(=O)cc[nH]1. The van der Waals surface area contributed by atoms with Gasteiger partial charge < -0.3 is 20.5 Å². The summed E-state index contributed by atoms with van der Waals surface area (Å²) in [6, 6.07) is 2.64. The zero-order valence-electron chi connectivity index (χ0n) is 8.60. The summed E-state index contributed by atoms with van der Waals surface area (Å²) in [6.07, 6.45) is -0.0527. The van der Waals surface area contributed by atoms with Gasteiger partial charge in [-0.25, -0.2) is 0 Å². The van der Waals surface area contributed by atoms with Crippen LogP contribution in [0.5, 0.6) is 0 Å². The molecule has 0 aliphatic carbocycles. The summed E-state index contributed by atoms with van der Waals surface area (Å²) in [5, 5.41) is 22.1. The molecule has 0 saturated heterocycles. The smallest absolute Gasteiger partial charge is 0.181 e. The van der Waals surface area contributed by atoms with E-state index in [0.29, 0.717) is 18.7 Å². The molecule has 2 unspecified atom stereocenters. The molecule has 1 heterocycles. The van der Waals surface area contributed by atoms with Crippen molar-refractivity contribution >= 4 is 0 Å². The monoisotopic (exact) mass is 212 g/mol. The van der Waals surface area contributed by atoms with Crippen molar-refractivity contribution in [2.24, 2.45) is 0 Å². The lowest BCUT2D eigenvalue weighted by Crippen LogP contribution is -2.24. The number of aromatic nitrogens is 1. The second kappa shape index (κ2) is 5.65. The van der Waals surface area contributed by atoms with E-state index in [1.54, 1.807) is 7.05 Å². The third kappa shape index (κ3) is 3.47. The molecular formula is C10H16N2O3. The Morgan fingerprint density at radius 3 is 2.87 bits per heavy atom. The highest BCUT2D eigenvalue weighted by molar-refractivity contribution is 5.08. The Labute approximate surface area is 87.8 Å². The molecule has 0 saturated carbocycles. The van der Waals surface area contributed by atoms with E-state index in [1.165, 1.54) is 18.3 Å². The van der Waals surface area contributed by atoms with Gasteiger partial charge >= 0.3 is 0 Å². The molecule has 0 spiro atoms. The van der Waals surface area contributed by atoms with E-state index < -0.39 is 12.2 Å². The molecule has 2 atom stereocenters. The van der Waals surface area contributed by atoms with Crippen molar-refractivity contribution in [3.05, 3.63) is 34.2 Å². The lowest BCUT2D eigenvalue weighted by Gasteiger charge is -2.17. The molecule has 84 valence electrons. The van der Waals surface area contributed by atoms with Gasteiger partial charge in [0.1, 0.15) is 6.10 Å². The van der Waals surface area contributed by atoms with Gasteiger partial charge in [-0.05, 0) is 20.0 Å². The third-order valence-electron chi connectivity index (χ3n) is 2.17. The molecule has 0 amide bonds. The number of aromatic amines is 1. The van der Waals surface area contributed by atoms with E-state index in [4.69, 9.17) is 0 Å². The molecule has 1 rings (SSSR count). The van der Waals surface area contributed by atoms with Crippen LogP contribution in [0.25, 0.3) is 0 Å². The standard InChI is InChI=1S/C10H16N2O3/c1-11-4-3-9(14)10(15)8-6-7(13)2-5-12-8/h2,5-6,9-11,14-15H,3-4H2,1H3,(H,12,13). The van der Waals surface area contributed by atoms with Gasteiger partial charge in [-0.3, -0.25) is 4.79 Å². The summed E-state index contributed by atoms with van der Waals surface area (Å²) in [6.45, 7) is 0.606. The van der Waals surface area contributed by atoms with Gasteiger partial charge in [-0.1, -0.05) is 0 Å². The minimum atomic E-state index is -1.05. The normalized spacial score (nSPS) is 14.9. The van der Waals surface area contributed by atoms with E-state index in [-0.39, 0.29) is 5.43 Å². The molecule has 4 N–H and O–H groups in total. The van der Waals surface area contributed by atoms with Crippen molar-refractivity contribution in [3.63, 3.8) is 0 Å². The maximum absolute atomic E-state index is 11.0. The predicted molar refractivity (Wildman–Crippen MR) is 56.6 cm³/mol. The number of aliphatic hydroxyl groups excluding tert-OH is 2. The Kier molecular flexibility index (Phi) is 4.48. The number of hydrogen-bond donors (Lipinski definition) is 4. The summed E-state index contributed by atoms with van der Waals surface area (Å²) in [7, 11) is 1.77. The van der Waals surface area contributed by atoms with Crippen LogP contribution in [-0.4, -0.2) is 34.9 Å². The van der Waals surface area contributed by atoms with Crippen molar-refractivity contribution in [2.45, 2.75) is 18.6 Å². The van der Waals surface area contributed by atoms with Gasteiger partial charge in [0.15, 0.2) is 5.43 Å². The van der Waals surface area contributed by atoms with Crippen LogP contribution in [0, 0.1) is 0 Å². The Morgan fingerprint density at radius 2 is 2.27 bits per heavy atom. The summed E-state index contributed by atoms with van der Waals surface area (Å²) < 4.78 is 0. The van der Waals surface area contributed by atoms with Crippen molar-refractivity contribution < 1.29 is 10.2 Å². The largest absolute Gasteiger partial charge is 0.390 e. The first-order chi connectivity index (χ1) is 7.15. The van der Waals surface area contributed by atoms with Crippen molar-refractivity contribution in [2.75, 3.05) is 13.6 Å². The second-order valence-corrected chi connectivity index (χ2v) is 3.38. The zero-order valence-corrected chi connectivity index (χ0v) is 8.60. The van der Waals surface area contributed by atoms with E-state index in [9.17, 15) is 15.0 Å². The fraction of sp³-hybridized carbons (Fsp3) is 0.500. The molecule has 0 bridgehead atoms. The second-order valence-electron chi connectivity index (χ2n) is 3.38. The van der Waals surface area contributed by atoms with Crippen LogP contribution in [0.3, 0.4) is 0 Å². The number of nitrogens with one attached hydrogen (secondary N) is 2. The summed E-state index contributed by atoms with van der Waals surface area (Å²) in [5.74, 6) is 0. The van der Waals surface area contributed by atoms with E-state index in [0.717, 1.165) is 0 Å². The Balaban J connectivity index is 2.67. The Hall–Kier alpha value is -1.17. The number of H-pyrrole nitrogens is 1. The van der Waals surface area contributed by atoms with Crippen molar-refractivity contribution in [1.82, 2.24) is 10.3 Å². The number of hydrogen-bond acceptors (Lipinski definition) is 4. The number of aliphatic hydroxyl groups is 2. The fourth-order valence-corrected chi connectivity index (χ4v) is 1.29. The first kappa shape index (κ1) is 11.9. The average molecular weight is 212 g/mol. The first-order valence-electron chi connectivity index (χ1n) is 4.84. The highest BCUT2D eigenvalue weighted by Crippen LogP contribution is 2.14. The lowest BCUT2D eigenvalue weighted by molar-refractivity contribution is 0.0115. The maximum Gasteiger partial charge on any atom is 0.181 e. The van der Waals surface area contributed by atoms with Crippen LogP contribution >= 0.6 is 0 Å². The Morgan fingerprint density at radius 1 is 1.53 bits per heavy atom. The third-order valence-corrected chi connectivity index (χ3v) is 2.17.